The molecule has 20 heavy (non-hydrogen) atoms. The first-order valence-corrected chi connectivity index (χ1v) is 7.25. The number of cyclic esters (lactones) is 1. The third-order valence-electron chi connectivity index (χ3n) is 3.54. The topological polar surface area (TPSA) is 46.6 Å². The van der Waals surface area contributed by atoms with Gasteiger partial charge in [0, 0.05) is 6.42 Å². The van der Waals surface area contributed by atoms with Gasteiger partial charge in [-0.1, -0.05) is 50.1 Å². The molecule has 108 valence electrons. The van der Waals surface area contributed by atoms with E-state index in [4.69, 9.17) is 4.74 Å². The summed E-state index contributed by atoms with van der Waals surface area (Å²) >= 11 is 0. The number of amides is 2. The molecule has 0 unspecified atom stereocenters. The quantitative estimate of drug-likeness (QED) is 0.749. The number of imide groups is 1. The van der Waals surface area contributed by atoms with Crippen LogP contribution in [0.4, 0.5) is 4.79 Å². The fourth-order valence-corrected chi connectivity index (χ4v) is 2.45. The van der Waals surface area contributed by atoms with Gasteiger partial charge in [-0.2, -0.15) is 0 Å². The van der Waals surface area contributed by atoms with Gasteiger partial charge in [-0.3, -0.25) is 4.79 Å². The van der Waals surface area contributed by atoms with Gasteiger partial charge >= 0.3 is 6.09 Å². The van der Waals surface area contributed by atoms with Crippen molar-refractivity contribution in [1.82, 2.24) is 4.90 Å². The van der Waals surface area contributed by atoms with E-state index in [0.29, 0.717) is 19.4 Å². The zero-order chi connectivity index (χ0) is 14.4. The maximum Gasteiger partial charge on any atom is 0.416 e. The van der Waals surface area contributed by atoms with Crippen LogP contribution in [0, 0.1) is 0 Å². The lowest BCUT2D eigenvalue weighted by atomic mass is 10.1. The van der Waals surface area contributed by atoms with Gasteiger partial charge in [-0.05, 0) is 18.4 Å². The average molecular weight is 275 g/mol. The summed E-state index contributed by atoms with van der Waals surface area (Å²) in [7, 11) is 0. The van der Waals surface area contributed by atoms with Gasteiger partial charge in [-0.25, -0.2) is 9.69 Å². The predicted molar refractivity (Wildman–Crippen MR) is 76.3 cm³/mol. The van der Waals surface area contributed by atoms with Crippen LogP contribution in [0.2, 0.25) is 0 Å². The van der Waals surface area contributed by atoms with Crippen LogP contribution in [0.3, 0.4) is 0 Å². The van der Waals surface area contributed by atoms with Gasteiger partial charge in [0.1, 0.15) is 6.61 Å². The van der Waals surface area contributed by atoms with Crippen molar-refractivity contribution in [2.45, 2.75) is 45.1 Å². The molecule has 0 spiro atoms. The molecule has 1 aliphatic heterocycles. The first-order chi connectivity index (χ1) is 9.72. The highest BCUT2D eigenvalue weighted by molar-refractivity contribution is 5.93. The Morgan fingerprint density at radius 1 is 1.30 bits per heavy atom. The van der Waals surface area contributed by atoms with E-state index in [9.17, 15) is 9.59 Å². The fourth-order valence-electron chi connectivity index (χ4n) is 2.45. The van der Waals surface area contributed by atoms with Crippen molar-refractivity contribution in [1.29, 1.82) is 0 Å². The first kappa shape index (κ1) is 14.6. The summed E-state index contributed by atoms with van der Waals surface area (Å²) < 4.78 is 5.04. The molecule has 1 aromatic carbocycles. The molecule has 2 rings (SSSR count). The molecule has 4 heteroatoms. The average Bonchev–Trinajstić information content (AvgIpc) is 2.81. The molecule has 1 aromatic rings. The van der Waals surface area contributed by atoms with Gasteiger partial charge in [0.2, 0.25) is 5.91 Å². The monoisotopic (exact) mass is 275 g/mol. The van der Waals surface area contributed by atoms with E-state index < -0.39 is 6.09 Å². The molecular weight excluding hydrogens is 254 g/mol. The Kier molecular flexibility index (Phi) is 5.16. The number of carbonyl (C=O) groups excluding carboxylic acids is 2. The smallest absolute Gasteiger partial charge is 0.416 e. The molecule has 0 radical (unpaired) electrons. The Morgan fingerprint density at radius 2 is 2.05 bits per heavy atom. The van der Waals surface area contributed by atoms with Crippen LogP contribution in [-0.2, 0) is 16.0 Å². The second kappa shape index (κ2) is 7.08. The van der Waals surface area contributed by atoms with Gasteiger partial charge in [0.25, 0.3) is 0 Å². The molecule has 0 aliphatic carbocycles. The van der Waals surface area contributed by atoms with Crippen LogP contribution in [0.25, 0.3) is 0 Å². The highest BCUT2D eigenvalue weighted by Gasteiger charge is 2.37. The van der Waals surface area contributed by atoms with Crippen molar-refractivity contribution in [2.24, 2.45) is 0 Å². The summed E-state index contributed by atoms with van der Waals surface area (Å²) in [5, 5.41) is 0. The Bertz CT molecular complexity index is 458. The molecule has 1 heterocycles. The molecule has 0 saturated carbocycles. The van der Waals surface area contributed by atoms with E-state index >= 15 is 0 Å². The van der Waals surface area contributed by atoms with Crippen LogP contribution in [0.15, 0.2) is 30.3 Å². The molecule has 1 aliphatic rings. The largest absolute Gasteiger partial charge is 0.447 e. The van der Waals surface area contributed by atoms with Crippen molar-refractivity contribution >= 4 is 12.0 Å². The van der Waals surface area contributed by atoms with E-state index in [1.807, 2.05) is 30.3 Å². The Morgan fingerprint density at radius 3 is 2.75 bits per heavy atom. The number of hydrogen-bond donors (Lipinski definition) is 0. The lowest BCUT2D eigenvalue weighted by molar-refractivity contribution is -0.129. The third-order valence-corrected chi connectivity index (χ3v) is 3.54. The van der Waals surface area contributed by atoms with Gasteiger partial charge in [0.05, 0.1) is 6.04 Å². The zero-order valence-electron chi connectivity index (χ0n) is 11.9. The number of nitrogens with zero attached hydrogens (tertiary/aromatic N) is 1. The van der Waals surface area contributed by atoms with Crippen molar-refractivity contribution in [3.05, 3.63) is 35.9 Å². The van der Waals surface area contributed by atoms with Crippen molar-refractivity contribution < 1.29 is 14.3 Å². The maximum absolute atomic E-state index is 12.2. The molecule has 0 bridgehead atoms. The maximum atomic E-state index is 12.2. The lowest BCUT2D eigenvalue weighted by Gasteiger charge is -2.19. The molecule has 0 N–H and O–H groups in total. The molecule has 1 atom stereocenters. The zero-order valence-corrected chi connectivity index (χ0v) is 11.9. The molecular formula is C16H21NO3. The first-order valence-electron chi connectivity index (χ1n) is 7.25. The fraction of sp³-hybridized carbons (Fsp3) is 0.500. The van der Waals surface area contributed by atoms with E-state index in [1.54, 1.807) is 0 Å². The number of rotatable bonds is 6. The Labute approximate surface area is 119 Å². The van der Waals surface area contributed by atoms with Gasteiger partial charge in [0.15, 0.2) is 0 Å². The third kappa shape index (κ3) is 3.59. The van der Waals surface area contributed by atoms with Crippen LogP contribution in [0.5, 0.6) is 0 Å². The van der Waals surface area contributed by atoms with Crippen molar-refractivity contribution in [2.75, 3.05) is 6.61 Å². The number of ether oxygens (including phenoxy) is 1. The van der Waals surface area contributed by atoms with E-state index in [0.717, 1.165) is 24.8 Å². The normalized spacial score (nSPS) is 18.1. The SMILES string of the molecule is CCCCCC(=O)N1C(=O)OC[C@H]1Cc1ccccc1. The second-order valence-corrected chi connectivity index (χ2v) is 5.14. The van der Waals surface area contributed by atoms with Crippen molar-refractivity contribution in [3.63, 3.8) is 0 Å². The van der Waals surface area contributed by atoms with Gasteiger partial charge < -0.3 is 4.74 Å². The second-order valence-electron chi connectivity index (χ2n) is 5.14. The van der Waals surface area contributed by atoms with Crippen LogP contribution in [-0.4, -0.2) is 29.5 Å². The van der Waals surface area contributed by atoms with Crippen LogP contribution in [0.1, 0.15) is 38.2 Å². The lowest BCUT2D eigenvalue weighted by Crippen LogP contribution is -2.40. The van der Waals surface area contributed by atoms with Crippen LogP contribution < -0.4 is 0 Å². The highest BCUT2D eigenvalue weighted by Crippen LogP contribution is 2.19. The van der Waals surface area contributed by atoms with E-state index in [2.05, 4.69) is 6.92 Å². The highest BCUT2D eigenvalue weighted by atomic mass is 16.6. The summed E-state index contributed by atoms with van der Waals surface area (Å²) in [5.74, 6) is -0.109. The summed E-state index contributed by atoms with van der Waals surface area (Å²) in [4.78, 5) is 25.2. The summed E-state index contributed by atoms with van der Waals surface area (Å²) in [5.41, 5.74) is 1.11. The van der Waals surface area contributed by atoms with Crippen LogP contribution >= 0.6 is 0 Å². The molecule has 0 aromatic heterocycles. The van der Waals surface area contributed by atoms with E-state index in [1.165, 1.54) is 4.90 Å². The minimum atomic E-state index is -0.493. The number of benzene rings is 1. The number of unbranched alkanes of at least 4 members (excludes halogenated alkanes) is 2. The van der Waals surface area contributed by atoms with Crippen molar-refractivity contribution in [3.8, 4) is 0 Å². The molecule has 2 amide bonds. The predicted octanol–water partition coefficient (Wildman–Crippen LogP) is 3.16. The summed E-state index contributed by atoms with van der Waals surface area (Å²) in [6, 6.07) is 9.71. The number of carbonyl (C=O) groups is 2. The molecule has 1 fully saturated rings. The minimum Gasteiger partial charge on any atom is -0.447 e. The summed E-state index contributed by atoms with van der Waals surface area (Å²) in [6.07, 6.45) is 3.49. The van der Waals surface area contributed by atoms with Gasteiger partial charge in [-0.15, -0.1) is 0 Å². The molecule has 1 saturated heterocycles. The standard InChI is InChI=1S/C16H21NO3/c1-2-3-5-10-15(18)17-14(12-20-16(17)19)11-13-8-6-4-7-9-13/h4,6-9,14H,2-3,5,10-12H2,1H3/t14-/m1/s1. The minimum absolute atomic E-state index is 0.109. The van der Waals surface area contributed by atoms with E-state index in [-0.39, 0.29) is 11.9 Å². The number of hydrogen-bond acceptors (Lipinski definition) is 3. The Hall–Kier alpha value is -1.84. The molecule has 4 nitrogen and oxygen atoms in total. The summed E-state index contributed by atoms with van der Waals surface area (Å²) in [6.45, 7) is 2.39. The Balaban J connectivity index is 1.97.